The van der Waals surface area contributed by atoms with Crippen molar-refractivity contribution in [3.05, 3.63) is 46.5 Å². The van der Waals surface area contributed by atoms with Gasteiger partial charge in [0.1, 0.15) is 18.2 Å². The minimum atomic E-state index is -0.686. The fraction of sp³-hybridized carbons (Fsp3) is 0.222. The molecule has 0 saturated heterocycles. The van der Waals surface area contributed by atoms with E-state index >= 15 is 0 Å². The number of ether oxygens (including phenoxy) is 1. The molecule has 0 radical (unpaired) electrons. The van der Waals surface area contributed by atoms with E-state index in [9.17, 15) is 9.50 Å². The molecule has 3 aromatic rings. The van der Waals surface area contributed by atoms with Crippen LogP contribution in [0.2, 0.25) is 10.0 Å². The SMILES string of the molecule is Cl.NC1CC(Oc2cc3c(Nc4ccc(Cl)c(Cl)c4F)ncnc3cc2O)C1. The van der Waals surface area contributed by atoms with Gasteiger partial charge in [-0.1, -0.05) is 23.2 Å². The van der Waals surface area contributed by atoms with Crippen LogP contribution in [0.25, 0.3) is 10.9 Å². The summed E-state index contributed by atoms with van der Waals surface area (Å²) in [5, 5.41) is 13.6. The van der Waals surface area contributed by atoms with Crippen molar-refractivity contribution < 1.29 is 14.2 Å². The summed E-state index contributed by atoms with van der Waals surface area (Å²) in [7, 11) is 0. The number of hydrogen-bond donors (Lipinski definition) is 3. The number of fused-ring (bicyclic) bond motifs is 1. The molecule has 0 spiro atoms. The number of rotatable bonds is 4. The number of hydrogen-bond acceptors (Lipinski definition) is 6. The molecular weight excluding hydrogens is 430 g/mol. The molecule has 28 heavy (non-hydrogen) atoms. The van der Waals surface area contributed by atoms with Crippen LogP contribution < -0.4 is 15.8 Å². The van der Waals surface area contributed by atoms with Gasteiger partial charge in [-0.25, -0.2) is 14.4 Å². The van der Waals surface area contributed by atoms with Crippen molar-refractivity contribution in [1.82, 2.24) is 9.97 Å². The van der Waals surface area contributed by atoms with Gasteiger partial charge < -0.3 is 20.9 Å². The van der Waals surface area contributed by atoms with Crippen molar-refractivity contribution in [2.24, 2.45) is 5.73 Å². The fourth-order valence-electron chi connectivity index (χ4n) is 2.90. The van der Waals surface area contributed by atoms with Crippen LogP contribution >= 0.6 is 35.6 Å². The smallest absolute Gasteiger partial charge is 0.166 e. The number of halogens is 4. The summed E-state index contributed by atoms with van der Waals surface area (Å²) in [4.78, 5) is 8.31. The van der Waals surface area contributed by atoms with Crippen LogP contribution in [0.4, 0.5) is 15.9 Å². The molecule has 0 bridgehead atoms. The Morgan fingerprint density at radius 2 is 1.96 bits per heavy atom. The van der Waals surface area contributed by atoms with Crippen LogP contribution in [0.15, 0.2) is 30.6 Å². The Hall–Kier alpha value is -2.06. The number of phenolic OH excluding ortho intramolecular Hbond substituents is 1. The molecular formula is C18H16Cl3FN4O2. The van der Waals surface area contributed by atoms with Gasteiger partial charge in [0.05, 0.1) is 21.2 Å². The van der Waals surface area contributed by atoms with E-state index in [-0.39, 0.29) is 46.0 Å². The van der Waals surface area contributed by atoms with Crippen molar-refractivity contribution in [3.63, 3.8) is 0 Å². The molecule has 0 atom stereocenters. The van der Waals surface area contributed by atoms with E-state index < -0.39 is 5.82 Å². The maximum absolute atomic E-state index is 14.4. The molecule has 1 aliphatic rings. The van der Waals surface area contributed by atoms with Crippen LogP contribution in [-0.4, -0.2) is 27.2 Å². The van der Waals surface area contributed by atoms with E-state index in [2.05, 4.69) is 15.3 Å². The Morgan fingerprint density at radius 1 is 1.21 bits per heavy atom. The molecule has 4 rings (SSSR count). The topological polar surface area (TPSA) is 93.3 Å². The number of nitrogens with zero attached hydrogens (tertiary/aromatic N) is 2. The van der Waals surface area contributed by atoms with Crippen LogP contribution in [0.5, 0.6) is 11.5 Å². The summed E-state index contributed by atoms with van der Waals surface area (Å²) in [6.07, 6.45) is 2.72. The summed E-state index contributed by atoms with van der Waals surface area (Å²) in [5.41, 5.74) is 6.36. The van der Waals surface area contributed by atoms with E-state index in [1.54, 1.807) is 6.07 Å². The Balaban J connectivity index is 0.00000225. The molecule has 1 saturated carbocycles. The third kappa shape index (κ3) is 3.89. The zero-order valence-electron chi connectivity index (χ0n) is 14.3. The number of nitrogens with two attached hydrogens (primary N) is 1. The van der Waals surface area contributed by atoms with Crippen LogP contribution in [0.3, 0.4) is 0 Å². The molecule has 1 heterocycles. The predicted molar refractivity (Wildman–Crippen MR) is 110 cm³/mol. The standard InChI is InChI=1S/C18H15Cl2FN4O2.ClH/c19-11-1-2-12(17(21)16(11)20)25-18-10-5-15(27-9-3-8(22)4-9)14(26)6-13(10)23-7-24-18;/h1-2,5-9,26H,3-4,22H2,(H,23,24,25);1H. The van der Waals surface area contributed by atoms with Gasteiger partial charge in [0, 0.05) is 17.5 Å². The van der Waals surface area contributed by atoms with Gasteiger partial charge in [-0.3, -0.25) is 0 Å². The highest BCUT2D eigenvalue weighted by molar-refractivity contribution is 6.42. The Labute approximate surface area is 176 Å². The predicted octanol–water partition coefficient (Wildman–Crippen LogP) is 4.82. The lowest BCUT2D eigenvalue weighted by Gasteiger charge is -2.32. The molecule has 2 aromatic carbocycles. The molecule has 10 heteroatoms. The first kappa shape index (κ1) is 20.7. The normalized spacial score (nSPS) is 18.3. The van der Waals surface area contributed by atoms with Gasteiger partial charge in [-0.05, 0) is 31.0 Å². The van der Waals surface area contributed by atoms with Crippen molar-refractivity contribution in [1.29, 1.82) is 0 Å². The third-order valence-electron chi connectivity index (χ3n) is 4.43. The first-order valence-corrected chi connectivity index (χ1v) is 8.98. The highest BCUT2D eigenvalue weighted by Crippen LogP contribution is 2.37. The maximum Gasteiger partial charge on any atom is 0.166 e. The van der Waals surface area contributed by atoms with Gasteiger partial charge in [-0.15, -0.1) is 12.4 Å². The molecule has 0 amide bonds. The lowest BCUT2D eigenvalue weighted by molar-refractivity contribution is 0.0977. The Bertz CT molecular complexity index is 1030. The van der Waals surface area contributed by atoms with E-state index in [4.69, 9.17) is 33.7 Å². The van der Waals surface area contributed by atoms with Gasteiger partial charge in [-0.2, -0.15) is 0 Å². The highest BCUT2D eigenvalue weighted by atomic mass is 35.5. The second kappa shape index (κ2) is 8.13. The summed E-state index contributed by atoms with van der Waals surface area (Å²) >= 11 is 11.7. The second-order valence-corrected chi connectivity index (χ2v) is 7.16. The van der Waals surface area contributed by atoms with E-state index in [0.717, 1.165) is 12.8 Å². The summed E-state index contributed by atoms with van der Waals surface area (Å²) in [6, 6.07) is 6.16. The Morgan fingerprint density at radius 3 is 2.68 bits per heavy atom. The zero-order chi connectivity index (χ0) is 19.1. The number of benzene rings is 2. The molecule has 1 fully saturated rings. The molecule has 0 aliphatic heterocycles. The average Bonchev–Trinajstić information content (AvgIpc) is 2.62. The summed E-state index contributed by atoms with van der Waals surface area (Å²) in [5.74, 6) is -0.0812. The van der Waals surface area contributed by atoms with Gasteiger partial charge in [0.25, 0.3) is 0 Å². The summed E-state index contributed by atoms with van der Waals surface area (Å²) in [6.45, 7) is 0. The van der Waals surface area contributed by atoms with Crippen molar-refractivity contribution in [2.75, 3.05) is 5.32 Å². The molecule has 4 N–H and O–H groups in total. The van der Waals surface area contributed by atoms with Crippen molar-refractivity contribution in [2.45, 2.75) is 25.0 Å². The fourth-order valence-corrected chi connectivity index (χ4v) is 3.21. The Kier molecular flexibility index (Phi) is 6.00. The molecule has 148 valence electrons. The van der Waals surface area contributed by atoms with Crippen LogP contribution in [-0.2, 0) is 0 Å². The third-order valence-corrected chi connectivity index (χ3v) is 5.21. The molecule has 6 nitrogen and oxygen atoms in total. The van der Waals surface area contributed by atoms with Crippen LogP contribution in [0, 0.1) is 5.82 Å². The average molecular weight is 446 g/mol. The molecule has 1 aromatic heterocycles. The number of phenols is 1. The molecule has 0 unspecified atom stereocenters. The highest BCUT2D eigenvalue weighted by Gasteiger charge is 2.28. The number of nitrogens with one attached hydrogen (secondary N) is 1. The van der Waals surface area contributed by atoms with Gasteiger partial charge in [0.2, 0.25) is 0 Å². The minimum Gasteiger partial charge on any atom is -0.504 e. The summed E-state index contributed by atoms with van der Waals surface area (Å²) < 4.78 is 20.2. The van der Waals surface area contributed by atoms with Crippen LogP contribution in [0.1, 0.15) is 12.8 Å². The van der Waals surface area contributed by atoms with Gasteiger partial charge in [0.15, 0.2) is 17.3 Å². The van der Waals surface area contributed by atoms with E-state index in [1.165, 1.54) is 24.5 Å². The van der Waals surface area contributed by atoms with Crippen molar-refractivity contribution in [3.8, 4) is 11.5 Å². The molecule has 1 aliphatic carbocycles. The maximum atomic E-state index is 14.4. The van der Waals surface area contributed by atoms with E-state index in [0.29, 0.717) is 22.5 Å². The monoisotopic (exact) mass is 444 g/mol. The van der Waals surface area contributed by atoms with Gasteiger partial charge >= 0.3 is 0 Å². The lowest BCUT2D eigenvalue weighted by atomic mass is 9.90. The first-order valence-electron chi connectivity index (χ1n) is 8.23. The van der Waals surface area contributed by atoms with E-state index in [1.807, 2.05) is 0 Å². The zero-order valence-corrected chi connectivity index (χ0v) is 16.7. The minimum absolute atomic E-state index is 0. The quantitative estimate of drug-likeness (QED) is 0.499. The number of anilines is 2. The second-order valence-electron chi connectivity index (χ2n) is 6.38. The number of aromatic nitrogens is 2. The first-order chi connectivity index (χ1) is 12.9. The van der Waals surface area contributed by atoms with Crippen molar-refractivity contribution >= 4 is 58.0 Å². The largest absolute Gasteiger partial charge is 0.504 e. The lowest BCUT2D eigenvalue weighted by Crippen LogP contribution is -2.43. The number of aromatic hydroxyl groups is 1.